The van der Waals surface area contributed by atoms with E-state index in [0.717, 1.165) is 51.4 Å². The van der Waals surface area contributed by atoms with Gasteiger partial charge in [-0.1, -0.05) is 18.2 Å². The number of carbonyl (C=O) groups is 1. The second-order valence-electron chi connectivity index (χ2n) is 6.58. The molecule has 0 atom stereocenters. The average Bonchev–Trinajstić information content (AvgIpc) is 3.17. The number of rotatable bonds is 8. The molecule has 26 heavy (non-hydrogen) atoms. The van der Waals surface area contributed by atoms with Crippen LogP contribution in [0.4, 0.5) is 0 Å². The number of nitrogens with one attached hydrogen (secondary N) is 1. The van der Waals surface area contributed by atoms with Crippen LogP contribution in [0.5, 0.6) is 5.75 Å². The molecule has 140 valence electrons. The summed E-state index contributed by atoms with van der Waals surface area (Å²) < 4.78 is 5.20. The van der Waals surface area contributed by atoms with E-state index in [1.807, 2.05) is 18.2 Å². The largest absolute Gasteiger partial charge is 0.497 e. The van der Waals surface area contributed by atoms with Gasteiger partial charge in [0, 0.05) is 44.1 Å². The highest BCUT2D eigenvalue weighted by molar-refractivity contribution is 7.09. The molecule has 5 nitrogen and oxygen atoms in total. The molecular formula is C20H27N3O2S. The van der Waals surface area contributed by atoms with Crippen molar-refractivity contribution in [3.05, 3.63) is 52.2 Å². The van der Waals surface area contributed by atoms with Crippen molar-refractivity contribution in [2.75, 3.05) is 46.4 Å². The lowest BCUT2D eigenvalue weighted by Crippen LogP contribution is -2.49. The first-order valence-electron chi connectivity index (χ1n) is 9.09. The van der Waals surface area contributed by atoms with Gasteiger partial charge in [0.05, 0.1) is 13.7 Å². The molecule has 0 spiro atoms. The summed E-state index contributed by atoms with van der Waals surface area (Å²) in [5.74, 6) is 1.02. The zero-order valence-electron chi connectivity index (χ0n) is 15.3. The zero-order chi connectivity index (χ0) is 18.2. The van der Waals surface area contributed by atoms with Gasteiger partial charge in [0.25, 0.3) is 0 Å². The second kappa shape index (κ2) is 9.71. The van der Waals surface area contributed by atoms with Gasteiger partial charge in [0.15, 0.2) is 0 Å². The fraction of sp³-hybridized carbons (Fsp3) is 0.450. The molecular weight excluding hydrogens is 346 g/mol. The van der Waals surface area contributed by atoms with Crippen LogP contribution < -0.4 is 10.1 Å². The van der Waals surface area contributed by atoms with Crippen molar-refractivity contribution in [1.82, 2.24) is 15.1 Å². The van der Waals surface area contributed by atoms with Crippen molar-refractivity contribution >= 4 is 17.2 Å². The standard InChI is InChI=1S/C20H27N3O2S/c1-25-18-6-4-17(5-7-18)15-22-10-12-23(13-11-22)16-20(24)21-9-8-19-3-2-14-26-19/h2-7,14H,8-13,15-16H2,1H3,(H,21,24). The first-order chi connectivity index (χ1) is 12.7. The molecule has 6 heteroatoms. The van der Waals surface area contributed by atoms with Gasteiger partial charge in [-0.05, 0) is 35.6 Å². The van der Waals surface area contributed by atoms with E-state index in [1.54, 1.807) is 18.4 Å². The highest BCUT2D eigenvalue weighted by Crippen LogP contribution is 2.14. The number of nitrogens with zero attached hydrogens (tertiary/aromatic N) is 2. The minimum absolute atomic E-state index is 0.130. The molecule has 0 radical (unpaired) electrons. The van der Waals surface area contributed by atoms with Crippen LogP contribution in [-0.4, -0.2) is 62.1 Å². The molecule has 1 aliphatic heterocycles. The Kier molecular flexibility index (Phi) is 7.05. The van der Waals surface area contributed by atoms with E-state index in [9.17, 15) is 4.79 Å². The maximum Gasteiger partial charge on any atom is 0.234 e. The lowest BCUT2D eigenvalue weighted by molar-refractivity contribution is -0.122. The molecule has 0 saturated carbocycles. The van der Waals surface area contributed by atoms with Crippen LogP contribution in [0.2, 0.25) is 0 Å². The molecule has 0 unspecified atom stereocenters. The number of hydrogen-bond donors (Lipinski definition) is 1. The highest BCUT2D eigenvalue weighted by Gasteiger charge is 2.18. The Morgan fingerprint density at radius 3 is 2.50 bits per heavy atom. The summed E-state index contributed by atoms with van der Waals surface area (Å²) in [4.78, 5) is 18.1. The van der Waals surface area contributed by atoms with Crippen molar-refractivity contribution in [1.29, 1.82) is 0 Å². The summed E-state index contributed by atoms with van der Waals surface area (Å²) in [6, 6.07) is 12.4. The van der Waals surface area contributed by atoms with Crippen molar-refractivity contribution in [2.45, 2.75) is 13.0 Å². The SMILES string of the molecule is COc1ccc(CN2CCN(CC(=O)NCCc3cccs3)CC2)cc1. The van der Waals surface area contributed by atoms with Gasteiger partial charge < -0.3 is 10.1 Å². The van der Waals surface area contributed by atoms with Gasteiger partial charge in [0.1, 0.15) is 5.75 Å². The van der Waals surface area contributed by atoms with E-state index in [2.05, 4.69) is 38.7 Å². The lowest BCUT2D eigenvalue weighted by atomic mass is 10.2. The fourth-order valence-corrected chi connectivity index (χ4v) is 3.84. The third kappa shape index (κ3) is 5.83. The molecule has 3 rings (SSSR count). The number of benzene rings is 1. The number of ether oxygens (including phenoxy) is 1. The fourth-order valence-electron chi connectivity index (χ4n) is 3.13. The summed E-state index contributed by atoms with van der Waals surface area (Å²) in [5.41, 5.74) is 1.30. The van der Waals surface area contributed by atoms with Crippen LogP contribution in [0.1, 0.15) is 10.4 Å². The first-order valence-corrected chi connectivity index (χ1v) is 9.97. The van der Waals surface area contributed by atoms with Gasteiger partial charge in [-0.2, -0.15) is 0 Å². The van der Waals surface area contributed by atoms with Crippen molar-refractivity contribution in [3.8, 4) is 5.75 Å². The van der Waals surface area contributed by atoms with E-state index >= 15 is 0 Å². The minimum Gasteiger partial charge on any atom is -0.497 e. The van der Waals surface area contributed by atoms with Gasteiger partial charge in [-0.25, -0.2) is 0 Å². The Hall–Kier alpha value is -1.89. The summed E-state index contributed by atoms with van der Waals surface area (Å²) in [6.07, 6.45) is 0.916. The van der Waals surface area contributed by atoms with Crippen molar-refractivity contribution < 1.29 is 9.53 Å². The van der Waals surface area contributed by atoms with E-state index in [-0.39, 0.29) is 5.91 Å². The third-order valence-electron chi connectivity index (χ3n) is 4.67. The number of carbonyl (C=O) groups excluding carboxylic acids is 1. The molecule has 1 fully saturated rings. The maximum atomic E-state index is 12.1. The predicted molar refractivity (Wildman–Crippen MR) is 106 cm³/mol. The predicted octanol–water partition coefficient (Wildman–Crippen LogP) is 2.23. The molecule has 1 aliphatic rings. The van der Waals surface area contributed by atoms with Gasteiger partial charge in [-0.3, -0.25) is 14.6 Å². The molecule has 1 N–H and O–H groups in total. The van der Waals surface area contributed by atoms with Crippen LogP contribution >= 0.6 is 11.3 Å². The average molecular weight is 374 g/mol. The molecule has 1 aromatic carbocycles. The van der Waals surface area contributed by atoms with Crippen LogP contribution in [0, 0.1) is 0 Å². The Balaban J connectivity index is 1.33. The maximum absolute atomic E-state index is 12.1. The molecule has 1 saturated heterocycles. The minimum atomic E-state index is 0.130. The Morgan fingerprint density at radius 2 is 1.85 bits per heavy atom. The topological polar surface area (TPSA) is 44.8 Å². The Labute approximate surface area is 159 Å². The quantitative estimate of drug-likeness (QED) is 0.771. The zero-order valence-corrected chi connectivity index (χ0v) is 16.1. The third-order valence-corrected chi connectivity index (χ3v) is 5.61. The first kappa shape index (κ1) is 18.9. The van der Waals surface area contributed by atoms with E-state index in [4.69, 9.17) is 4.74 Å². The van der Waals surface area contributed by atoms with Crippen molar-refractivity contribution in [2.24, 2.45) is 0 Å². The summed E-state index contributed by atoms with van der Waals surface area (Å²) in [5, 5.41) is 5.10. The number of amides is 1. The Bertz CT molecular complexity index is 665. The lowest BCUT2D eigenvalue weighted by Gasteiger charge is -2.34. The molecule has 2 aromatic rings. The summed E-state index contributed by atoms with van der Waals surface area (Å²) in [7, 11) is 1.69. The van der Waals surface area contributed by atoms with Crippen LogP contribution in [0.3, 0.4) is 0 Å². The monoisotopic (exact) mass is 373 g/mol. The molecule has 0 aliphatic carbocycles. The second-order valence-corrected chi connectivity index (χ2v) is 7.61. The van der Waals surface area contributed by atoms with E-state index < -0.39 is 0 Å². The number of thiophene rings is 1. The van der Waals surface area contributed by atoms with Gasteiger partial charge >= 0.3 is 0 Å². The van der Waals surface area contributed by atoms with E-state index in [1.165, 1.54) is 10.4 Å². The van der Waals surface area contributed by atoms with E-state index in [0.29, 0.717) is 6.54 Å². The van der Waals surface area contributed by atoms with Crippen molar-refractivity contribution in [3.63, 3.8) is 0 Å². The smallest absolute Gasteiger partial charge is 0.234 e. The van der Waals surface area contributed by atoms with Gasteiger partial charge in [-0.15, -0.1) is 11.3 Å². The Morgan fingerprint density at radius 1 is 1.12 bits per heavy atom. The molecule has 0 bridgehead atoms. The normalized spacial score (nSPS) is 15.7. The molecule has 1 amide bonds. The molecule has 2 heterocycles. The highest BCUT2D eigenvalue weighted by atomic mass is 32.1. The summed E-state index contributed by atoms with van der Waals surface area (Å²) in [6.45, 7) is 6.04. The summed E-state index contributed by atoms with van der Waals surface area (Å²) >= 11 is 1.74. The van der Waals surface area contributed by atoms with Crippen LogP contribution in [0.15, 0.2) is 41.8 Å². The number of piperazine rings is 1. The van der Waals surface area contributed by atoms with Crippen LogP contribution in [0.25, 0.3) is 0 Å². The number of hydrogen-bond acceptors (Lipinski definition) is 5. The van der Waals surface area contributed by atoms with Gasteiger partial charge in [0.2, 0.25) is 5.91 Å². The van der Waals surface area contributed by atoms with Crippen LogP contribution in [-0.2, 0) is 17.8 Å². The number of methoxy groups -OCH3 is 1. The molecule has 1 aromatic heterocycles.